The molecule has 0 aromatic heterocycles. The zero-order valence-electron chi connectivity index (χ0n) is 16.3. The summed E-state index contributed by atoms with van der Waals surface area (Å²) in [5.41, 5.74) is 4.46. The fraction of sp³-hybridized carbons (Fsp3) is 0.318. The van der Waals surface area contributed by atoms with Crippen LogP contribution in [0.2, 0.25) is 0 Å². The van der Waals surface area contributed by atoms with Gasteiger partial charge in [-0.1, -0.05) is 48.5 Å². The van der Waals surface area contributed by atoms with Gasteiger partial charge in [-0.05, 0) is 22.3 Å². The van der Waals surface area contributed by atoms with Gasteiger partial charge in [-0.25, -0.2) is 4.79 Å². The zero-order chi connectivity index (χ0) is 21.5. The molecule has 30 heavy (non-hydrogen) atoms. The monoisotopic (exact) mass is 412 g/mol. The molecule has 0 saturated carbocycles. The van der Waals surface area contributed by atoms with Gasteiger partial charge in [0.25, 0.3) is 0 Å². The molecule has 4 N–H and O–H groups in total. The number of rotatable bonds is 9. The molecule has 3 rings (SSSR count). The third kappa shape index (κ3) is 5.36. The Bertz CT molecular complexity index is 884. The largest absolute Gasteiger partial charge is 0.481 e. The summed E-state index contributed by atoms with van der Waals surface area (Å²) < 4.78 is 5.36. The van der Waals surface area contributed by atoms with Gasteiger partial charge in [0.15, 0.2) is 0 Å². The summed E-state index contributed by atoms with van der Waals surface area (Å²) in [5.74, 6) is -1.57. The molecule has 2 aromatic carbocycles. The molecule has 0 radical (unpaired) electrons. The fourth-order valence-electron chi connectivity index (χ4n) is 3.52. The maximum Gasteiger partial charge on any atom is 0.407 e. The highest BCUT2D eigenvalue weighted by atomic mass is 16.5. The summed E-state index contributed by atoms with van der Waals surface area (Å²) in [4.78, 5) is 34.1. The molecule has 1 atom stereocenters. The van der Waals surface area contributed by atoms with Gasteiger partial charge in [-0.3, -0.25) is 9.59 Å². The van der Waals surface area contributed by atoms with Gasteiger partial charge >= 0.3 is 12.1 Å². The van der Waals surface area contributed by atoms with Crippen molar-refractivity contribution in [2.24, 2.45) is 0 Å². The number of benzene rings is 2. The van der Waals surface area contributed by atoms with Crippen LogP contribution in [0.25, 0.3) is 11.1 Å². The SMILES string of the molecule is O=C(O)CCNC(=O)CC(O)CNC(=O)OCC1c2ccccc2-c2ccccc21. The predicted octanol–water partition coefficient (Wildman–Crippen LogP) is 1.87. The summed E-state index contributed by atoms with van der Waals surface area (Å²) in [7, 11) is 0. The Morgan fingerprint density at radius 2 is 1.57 bits per heavy atom. The van der Waals surface area contributed by atoms with E-state index >= 15 is 0 Å². The number of aliphatic hydroxyl groups excluding tert-OH is 1. The van der Waals surface area contributed by atoms with Crippen molar-refractivity contribution in [1.29, 1.82) is 0 Å². The Morgan fingerprint density at radius 1 is 0.967 bits per heavy atom. The Labute approximate surface area is 173 Å². The van der Waals surface area contributed by atoms with Crippen LogP contribution in [0.1, 0.15) is 29.9 Å². The van der Waals surface area contributed by atoms with Crippen LogP contribution in [0.15, 0.2) is 48.5 Å². The average Bonchev–Trinajstić information content (AvgIpc) is 3.04. The molecular weight excluding hydrogens is 388 g/mol. The van der Waals surface area contributed by atoms with E-state index in [0.29, 0.717) is 0 Å². The summed E-state index contributed by atoms with van der Waals surface area (Å²) in [6.07, 6.45) is -2.22. The number of alkyl carbamates (subject to hydrolysis) is 1. The average molecular weight is 412 g/mol. The number of hydrogen-bond acceptors (Lipinski definition) is 5. The topological polar surface area (TPSA) is 125 Å². The molecule has 0 aliphatic heterocycles. The van der Waals surface area contributed by atoms with Crippen LogP contribution < -0.4 is 10.6 Å². The van der Waals surface area contributed by atoms with Crippen molar-refractivity contribution in [1.82, 2.24) is 10.6 Å². The van der Waals surface area contributed by atoms with E-state index in [4.69, 9.17) is 9.84 Å². The lowest BCUT2D eigenvalue weighted by atomic mass is 9.98. The number of carbonyl (C=O) groups excluding carboxylic acids is 2. The van der Waals surface area contributed by atoms with Crippen molar-refractivity contribution in [3.05, 3.63) is 59.7 Å². The Hall–Kier alpha value is -3.39. The van der Waals surface area contributed by atoms with Crippen LogP contribution in [-0.4, -0.2) is 54.0 Å². The first-order valence-electron chi connectivity index (χ1n) is 9.71. The van der Waals surface area contributed by atoms with Gasteiger partial charge in [-0.2, -0.15) is 0 Å². The van der Waals surface area contributed by atoms with Gasteiger partial charge in [0.1, 0.15) is 6.61 Å². The van der Waals surface area contributed by atoms with Crippen molar-refractivity contribution in [3.8, 4) is 11.1 Å². The molecule has 2 amide bonds. The quantitative estimate of drug-likeness (QED) is 0.498. The maximum atomic E-state index is 12.1. The summed E-state index contributed by atoms with van der Waals surface area (Å²) in [5, 5.41) is 23.2. The molecule has 8 nitrogen and oxygen atoms in total. The minimum Gasteiger partial charge on any atom is -0.481 e. The van der Waals surface area contributed by atoms with Crippen molar-refractivity contribution in [2.45, 2.75) is 24.9 Å². The number of hydrogen-bond donors (Lipinski definition) is 4. The number of carbonyl (C=O) groups is 3. The highest BCUT2D eigenvalue weighted by molar-refractivity contribution is 5.79. The van der Waals surface area contributed by atoms with Crippen LogP contribution in [-0.2, 0) is 14.3 Å². The maximum absolute atomic E-state index is 12.1. The van der Waals surface area contributed by atoms with Crippen molar-refractivity contribution in [2.75, 3.05) is 19.7 Å². The molecule has 0 bridgehead atoms. The molecule has 1 unspecified atom stereocenters. The number of amides is 2. The minimum atomic E-state index is -1.10. The van der Waals surface area contributed by atoms with Gasteiger partial charge < -0.3 is 25.6 Å². The van der Waals surface area contributed by atoms with Gasteiger partial charge in [0.2, 0.25) is 5.91 Å². The zero-order valence-corrected chi connectivity index (χ0v) is 16.3. The lowest BCUT2D eigenvalue weighted by Crippen LogP contribution is -2.37. The third-order valence-corrected chi connectivity index (χ3v) is 4.91. The lowest BCUT2D eigenvalue weighted by molar-refractivity contribution is -0.136. The van der Waals surface area contributed by atoms with E-state index in [0.717, 1.165) is 22.3 Å². The minimum absolute atomic E-state index is 0.0132. The van der Waals surface area contributed by atoms with Gasteiger partial charge in [0, 0.05) is 19.0 Å². The summed E-state index contributed by atoms with van der Waals surface area (Å²) in [6, 6.07) is 16.0. The van der Waals surface area contributed by atoms with Crippen LogP contribution in [0.3, 0.4) is 0 Å². The molecular formula is C22H24N2O6. The highest BCUT2D eigenvalue weighted by Gasteiger charge is 2.29. The number of aliphatic carboxylic acids is 1. The van der Waals surface area contributed by atoms with Gasteiger partial charge in [-0.15, -0.1) is 0 Å². The van der Waals surface area contributed by atoms with Crippen molar-refractivity contribution in [3.63, 3.8) is 0 Å². The second kappa shape index (κ2) is 9.89. The van der Waals surface area contributed by atoms with Crippen molar-refractivity contribution >= 4 is 18.0 Å². The number of fused-ring (bicyclic) bond motifs is 3. The van der Waals surface area contributed by atoms with Gasteiger partial charge in [0.05, 0.1) is 18.9 Å². The first kappa shape index (κ1) is 21.3. The number of nitrogens with one attached hydrogen (secondary N) is 2. The Morgan fingerprint density at radius 3 is 2.17 bits per heavy atom. The molecule has 0 saturated heterocycles. The Kier molecular flexibility index (Phi) is 7.03. The molecule has 0 fully saturated rings. The number of ether oxygens (including phenoxy) is 1. The molecule has 0 heterocycles. The molecule has 8 heteroatoms. The van der Waals surface area contributed by atoms with Crippen molar-refractivity contribution < 1.29 is 29.3 Å². The third-order valence-electron chi connectivity index (χ3n) is 4.91. The second-order valence-electron chi connectivity index (χ2n) is 7.06. The van der Waals surface area contributed by atoms with E-state index in [2.05, 4.69) is 10.6 Å². The molecule has 1 aliphatic rings. The smallest absolute Gasteiger partial charge is 0.407 e. The van der Waals surface area contributed by atoms with Crippen LogP contribution >= 0.6 is 0 Å². The van der Waals surface area contributed by atoms with Crippen LogP contribution in [0.5, 0.6) is 0 Å². The standard InChI is InChI=1S/C22H24N2O6/c25-14(11-20(26)23-10-9-21(27)28)12-24-22(29)30-13-19-17-7-3-1-5-15(17)16-6-2-4-8-18(16)19/h1-8,14,19,25H,9-13H2,(H,23,26)(H,24,29)(H,27,28). The number of carboxylic acid groups (broad SMARTS) is 1. The first-order chi connectivity index (χ1) is 14.5. The summed E-state index contributed by atoms with van der Waals surface area (Å²) in [6.45, 7) is -0.00462. The summed E-state index contributed by atoms with van der Waals surface area (Å²) >= 11 is 0. The van der Waals surface area contributed by atoms with E-state index in [1.165, 1.54) is 0 Å². The Balaban J connectivity index is 1.45. The van der Waals surface area contributed by atoms with E-state index in [-0.39, 0.29) is 38.5 Å². The molecule has 2 aromatic rings. The van der Waals surface area contributed by atoms with E-state index in [1.54, 1.807) is 0 Å². The highest BCUT2D eigenvalue weighted by Crippen LogP contribution is 2.44. The predicted molar refractivity (Wildman–Crippen MR) is 109 cm³/mol. The molecule has 158 valence electrons. The second-order valence-corrected chi connectivity index (χ2v) is 7.06. The number of aliphatic hydroxyl groups is 1. The molecule has 1 aliphatic carbocycles. The lowest BCUT2D eigenvalue weighted by Gasteiger charge is -2.16. The van der Waals surface area contributed by atoms with E-state index in [9.17, 15) is 19.5 Å². The van der Waals surface area contributed by atoms with E-state index in [1.807, 2.05) is 48.5 Å². The fourth-order valence-corrected chi connectivity index (χ4v) is 3.52. The number of carboxylic acids is 1. The first-order valence-corrected chi connectivity index (χ1v) is 9.71. The normalized spacial score (nSPS) is 13.1. The molecule has 0 spiro atoms. The van der Waals surface area contributed by atoms with Crippen LogP contribution in [0.4, 0.5) is 4.79 Å². The van der Waals surface area contributed by atoms with Crippen LogP contribution in [0, 0.1) is 0 Å². The van der Waals surface area contributed by atoms with E-state index < -0.39 is 24.1 Å².